The lowest BCUT2D eigenvalue weighted by Crippen LogP contribution is -2.56. The molecule has 7 nitrogen and oxygen atoms in total. The molecule has 5 rings (SSSR count). The van der Waals surface area contributed by atoms with Crippen molar-refractivity contribution in [2.24, 2.45) is 5.16 Å². The van der Waals surface area contributed by atoms with Gasteiger partial charge in [-0.15, -0.1) is 0 Å². The van der Waals surface area contributed by atoms with Gasteiger partial charge in [-0.2, -0.15) is 0 Å². The molecule has 1 aromatic heterocycles. The molecular weight excluding hydrogens is 461 g/mol. The summed E-state index contributed by atoms with van der Waals surface area (Å²) in [6, 6.07) is 10.5. The molecule has 0 spiro atoms. The van der Waals surface area contributed by atoms with Crippen LogP contribution in [0.25, 0.3) is 11.8 Å². The van der Waals surface area contributed by atoms with E-state index in [2.05, 4.69) is 10.1 Å². The zero-order valence-electron chi connectivity index (χ0n) is 19.1. The second-order valence-electron chi connectivity index (χ2n) is 8.60. The maximum Gasteiger partial charge on any atom is 0.269 e. The Bertz CT molecular complexity index is 1320. The molecule has 1 atom stereocenters. The number of fused-ring (bicyclic) bond motifs is 1. The zero-order chi connectivity index (χ0) is 24.8. The standard InChI is InChI=1S/C25H23F3N4O3/c1-16-12-31(15-29-16)21-8-3-17(10-22(21)34-2)9-18-11-24(27,28)13-32-23(18)30-35-25(32,14-33)19-4-6-20(26)7-5-19/h3-10,12,15,33H,11,13-14H2,1-2H3/b18-9+/t25-/m1/s1. The maximum atomic E-state index is 14.9. The Morgan fingerprint density at radius 3 is 2.63 bits per heavy atom. The van der Waals surface area contributed by atoms with Crippen molar-refractivity contribution >= 4 is 11.9 Å². The third-order valence-electron chi connectivity index (χ3n) is 6.14. The predicted octanol–water partition coefficient (Wildman–Crippen LogP) is 4.24. The maximum absolute atomic E-state index is 14.9. The number of oxime groups is 1. The Labute approximate surface area is 199 Å². The first-order chi connectivity index (χ1) is 16.7. The number of halogens is 3. The summed E-state index contributed by atoms with van der Waals surface area (Å²) in [5.74, 6) is -2.87. The first kappa shape index (κ1) is 23.0. The number of rotatable bonds is 5. The zero-order valence-corrected chi connectivity index (χ0v) is 19.1. The molecule has 2 aliphatic rings. The highest BCUT2D eigenvalue weighted by Crippen LogP contribution is 2.44. The Balaban J connectivity index is 1.53. The van der Waals surface area contributed by atoms with E-state index < -0.39 is 37.0 Å². The summed E-state index contributed by atoms with van der Waals surface area (Å²) in [4.78, 5) is 11.0. The largest absolute Gasteiger partial charge is 0.495 e. The van der Waals surface area contributed by atoms with Crippen LogP contribution in [0.15, 0.2) is 65.7 Å². The number of alkyl halides is 2. The number of aryl methyl sites for hydroxylation is 1. The highest BCUT2D eigenvalue weighted by molar-refractivity contribution is 6.04. The van der Waals surface area contributed by atoms with Crippen molar-refractivity contribution in [1.29, 1.82) is 0 Å². The van der Waals surface area contributed by atoms with E-state index in [1.807, 2.05) is 23.8 Å². The number of hydrogen-bond donors (Lipinski definition) is 1. The summed E-state index contributed by atoms with van der Waals surface area (Å²) in [5, 5.41) is 14.3. The van der Waals surface area contributed by atoms with Gasteiger partial charge in [0, 0.05) is 23.8 Å². The number of piperidine rings is 1. The van der Waals surface area contributed by atoms with Crippen LogP contribution in [0, 0.1) is 12.7 Å². The summed E-state index contributed by atoms with van der Waals surface area (Å²) in [7, 11) is 1.53. The molecule has 1 saturated heterocycles. The minimum Gasteiger partial charge on any atom is -0.495 e. The van der Waals surface area contributed by atoms with Crippen molar-refractivity contribution in [1.82, 2.24) is 14.5 Å². The van der Waals surface area contributed by atoms with Crippen molar-refractivity contribution in [3.63, 3.8) is 0 Å². The van der Waals surface area contributed by atoms with Gasteiger partial charge in [0.15, 0.2) is 5.84 Å². The average molecular weight is 484 g/mol. The fourth-order valence-electron chi connectivity index (χ4n) is 4.46. The normalized spacial score (nSPS) is 22.1. The minimum absolute atomic E-state index is 0.197. The van der Waals surface area contributed by atoms with Gasteiger partial charge in [-0.05, 0) is 55.0 Å². The van der Waals surface area contributed by atoms with Gasteiger partial charge in [0.2, 0.25) is 0 Å². The van der Waals surface area contributed by atoms with E-state index in [1.165, 1.54) is 36.3 Å². The first-order valence-corrected chi connectivity index (χ1v) is 10.9. The van der Waals surface area contributed by atoms with E-state index in [1.54, 1.807) is 24.5 Å². The molecule has 0 amide bonds. The van der Waals surface area contributed by atoms with Crippen molar-refractivity contribution in [3.05, 3.63) is 83.2 Å². The van der Waals surface area contributed by atoms with Crippen LogP contribution in [0.4, 0.5) is 13.2 Å². The van der Waals surface area contributed by atoms with E-state index in [9.17, 15) is 18.3 Å². The van der Waals surface area contributed by atoms with Gasteiger partial charge in [0.05, 0.1) is 31.4 Å². The Hall–Kier alpha value is -3.79. The summed E-state index contributed by atoms with van der Waals surface area (Å²) >= 11 is 0. The summed E-state index contributed by atoms with van der Waals surface area (Å²) < 4.78 is 50.7. The average Bonchev–Trinajstić information content (AvgIpc) is 3.43. The van der Waals surface area contributed by atoms with Gasteiger partial charge < -0.3 is 24.1 Å². The number of amidine groups is 1. The van der Waals surface area contributed by atoms with Crippen molar-refractivity contribution < 1.29 is 27.9 Å². The molecule has 0 aliphatic carbocycles. The van der Waals surface area contributed by atoms with Crippen LogP contribution in [0.3, 0.4) is 0 Å². The molecule has 0 radical (unpaired) electrons. The quantitative estimate of drug-likeness (QED) is 0.587. The number of imidazole rings is 1. The topological polar surface area (TPSA) is 72.1 Å². The minimum atomic E-state index is -3.11. The highest BCUT2D eigenvalue weighted by Gasteiger charge is 2.55. The lowest BCUT2D eigenvalue weighted by atomic mass is 9.93. The molecule has 1 fully saturated rings. The molecule has 2 aliphatic heterocycles. The molecule has 3 heterocycles. The van der Waals surface area contributed by atoms with Crippen LogP contribution in [0.1, 0.15) is 23.2 Å². The van der Waals surface area contributed by atoms with Crippen LogP contribution in [-0.4, -0.2) is 51.6 Å². The van der Waals surface area contributed by atoms with Crippen LogP contribution in [-0.2, 0) is 10.6 Å². The predicted molar refractivity (Wildman–Crippen MR) is 123 cm³/mol. The van der Waals surface area contributed by atoms with E-state index in [4.69, 9.17) is 9.57 Å². The molecule has 0 saturated carbocycles. The van der Waals surface area contributed by atoms with Gasteiger partial charge in [0.25, 0.3) is 11.6 Å². The fourth-order valence-corrected chi connectivity index (χ4v) is 4.46. The van der Waals surface area contributed by atoms with Gasteiger partial charge in [-0.25, -0.2) is 18.2 Å². The smallest absolute Gasteiger partial charge is 0.269 e. The van der Waals surface area contributed by atoms with Gasteiger partial charge in [-0.1, -0.05) is 11.2 Å². The lowest BCUT2D eigenvalue weighted by molar-refractivity contribution is -0.160. The second-order valence-corrected chi connectivity index (χ2v) is 8.60. The second kappa shape index (κ2) is 8.46. The number of aliphatic hydroxyl groups excluding tert-OH is 1. The monoisotopic (exact) mass is 484 g/mol. The summed E-state index contributed by atoms with van der Waals surface area (Å²) in [5.41, 5.74) is 1.11. The van der Waals surface area contributed by atoms with Gasteiger partial charge in [-0.3, -0.25) is 0 Å². The molecule has 2 aromatic carbocycles. The molecule has 182 valence electrons. The number of hydrogen-bond acceptors (Lipinski definition) is 6. The van der Waals surface area contributed by atoms with Gasteiger partial charge in [0.1, 0.15) is 18.2 Å². The molecule has 0 unspecified atom stereocenters. The molecule has 10 heteroatoms. The van der Waals surface area contributed by atoms with Crippen LogP contribution in [0.5, 0.6) is 5.75 Å². The van der Waals surface area contributed by atoms with Gasteiger partial charge >= 0.3 is 0 Å². The third kappa shape index (κ3) is 4.03. The van der Waals surface area contributed by atoms with E-state index in [-0.39, 0.29) is 11.4 Å². The van der Waals surface area contributed by atoms with E-state index in [0.717, 1.165) is 11.4 Å². The number of aromatic nitrogens is 2. The fraction of sp³-hybridized carbons (Fsp3) is 0.280. The number of nitrogens with zero attached hydrogens (tertiary/aromatic N) is 4. The van der Waals surface area contributed by atoms with Crippen LogP contribution in [0.2, 0.25) is 0 Å². The van der Waals surface area contributed by atoms with Crippen molar-refractivity contribution in [3.8, 4) is 11.4 Å². The van der Waals surface area contributed by atoms with Crippen LogP contribution >= 0.6 is 0 Å². The Kier molecular flexibility index (Phi) is 5.55. The van der Waals surface area contributed by atoms with E-state index >= 15 is 0 Å². The summed E-state index contributed by atoms with van der Waals surface area (Å²) in [6.45, 7) is 0.519. The molecular formula is C25H23F3N4O3. The van der Waals surface area contributed by atoms with E-state index in [0.29, 0.717) is 16.9 Å². The number of ether oxygens (including phenoxy) is 1. The van der Waals surface area contributed by atoms with Crippen molar-refractivity contribution in [2.75, 3.05) is 20.3 Å². The SMILES string of the molecule is COc1cc(/C=C2\CC(F)(F)CN3C2=NO[C@]3(CO)c2ccc(F)cc2)ccc1-n1cnc(C)c1. The molecule has 35 heavy (non-hydrogen) atoms. The Morgan fingerprint density at radius 2 is 1.97 bits per heavy atom. The lowest BCUT2D eigenvalue weighted by Gasteiger charge is -2.41. The van der Waals surface area contributed by atoms with Crippen molar-refractivity contribution in [2.45, 2.75) is 25.0 Å². The summed E-state index contributed by atoms with van der Waals surface area (Å²) in [6.07, 6.45) is 4.57. The number of benzene rings is 2. The molecule has 3 aromatic rings. The number of methoxy groups -OCH3 is 1. The molecule has 0 bridgehead atoms. The molecule has 1 N–H and O–H groups in total. The third-order valence-corrected chi connectivity index (χ3v) is 6.14. The first-order valence-electron chi connectivity index (χ1n) is 10.9. The van der Waals surface area contributed by atoms with Crippen LogP contribution < -0.4 is 4.74 Å². The Morgan fingerprint density at radius 1 is 1.20 bits per heavy atom. The highest BCUT2D eigenvalue weighted by atomic mass is 19.3. The number of aliphatic hydroxyl groups is 1.